The zero-order chi connectivity index (χ0) is 19.8. The van der Waals surface area contributed by atoms with Gasteiger partial charge in [0.2, 0.25) is 0 Å². The van der Waals surface area contributed by atoms with E-state index in [2.05, 4.69) is 90.1 Å². The third-order valence-corrected chi connectivity index (χ3v) is 6.45. The van der Waals surface area contributed by atoms with Crippen molar-refractivity contribution in [2.45, 2.75) is 71.3 Å². The van der Waals surface area contributed by atoms with E-state index in [9.17, 15) is 0 Å². The number of rotatable bonds is 4. The summed E-state index contributed by atoms with van der Waals surface area (Å²) in [5.74, 6) is 0. The van der Waals surface area contributed by atoms with Gasteiger partial charge >= 0.3 is 0 Å². The molecule has 144 valence electrons. The third kappa shape index (κ3) is 4.04. The normalized spacial score (nSPS) is 19.4. The molecule has 0 spiro atoms. The highest BCUT2D eigenvalue weighted by molar-refractivity contribution is 5.80. The third-order valence-electron chi connectivity index (χ3n) is 6.45. The summed E-state index contributed by atoms with van der Waals surface area (Å²) in [5, 5.41) is 0. The number of fused-ring (bicyclic) bond motifs is 1. The van der Waals surface area contributed by atoms with E-state index in [0.29, 0.717) is 0 Å². The minimum Gasteiger partial charge on any atom is -0.377 e. The topological polar surface area (TPSA) is 9.23 Å². The van der Waals surface area contributed by atoms with E-state index in [1.54, 1.807) is 7.11 Å². The highest BCUT2D eigenvalue weighted by Crippen LogP contribution is 2.46. The Morgan fingerprint density at radius 2 is 1.52 bits per heavy atom. The standard InChI is InChI=1S/C26H34O/c1-18(16-20-8-10-21(11-9-20)19(2)27-7)22-12-13-23-24(17-22)26(5,6)15-14-25(23,3)4/h8-13,16-17,19H,14-15H2,1-7H3/b18-16+. The zero-order valence-electron chi connectivity index (χ0n) is 18.0. The van der Waals surface area contributed by atoms with Crippen molar-refractivity contribution in [3.05, 3.63) is 70.3 Å². The van der Waals surface area contributed by atoms with Crippen molar-refractivity contribution in [1.82, 2.24) is 0 Å². The van der Waals surface area contributed by atoms with Crippen LogP contribution in [0.2, 0.25) is 0 Å². The van der Waals surface area contributed by atoms with Gasteiger partial charge in [0.25, 0.3) is 0 Å². The molecular weight excluding hydrogens is 328 g/mol. The molecule has 1 unspecified atom stereocenters. The molecule has 2 aromatic rings. The van der Waals surface area contributed by atoms with Crippen LogP contribution in [-0.2, 0) is 15.6 Å². The number of benzene rings is 2. The van der Waals surface area contributed by atoms with Gasteiger partial charge in [-0.3, -0.25) is 0 Å². The van der Waals surface area contributed by atoms with Gasteiger partial charge in [-0.05, 0) is 70.9 Å². The quantitative estimate of drug-likeness (QED) is 0.518. The van der Waals surface area contributed by atoms with Crippen LogP contribution >= 0.6 is 0 Å². The smallest absolute Gasteiger partial charge is 0.0793 e. The van der Waals surface area contributed by atoms with Gasteiger partial charge in [0.1, 0.15) is 0 Å². The molecular formula is C26H34O. The Labute approximate surface area is 165 Å². The van der Waals surface area contributed by atoms with Crippen molar-refractivity contribution in [3.63, 3.8) is 0 Å². The predicted octanol–water partition coefficient (Wildman–Crippen LogP) is 7.30. The molecule has 0 radical (unpaired) electrons. The lowest BCUT2D eigenvalue weighted by Gasteiger charge is -2.42. The van der Waals surface area contributed by atoms with E-state index >= 15 is 0 Å². The van der Waals surface area contributed by atoms with E-state index in [0.717, 1.165) is 0 Å². The van der Waals surface area contributed by atoms with Crippen LogP contribution in [-0.4, -0.2) is 7.11 Å². The molecule has 0 amide bonds. The summed E-state index contributed by atoms with van der Waals surface area (Å²) in [5.41, 5.74) is 8.65. The van der Waals surface area contributed by atoms with Crippen LogP contribution < -0.4 is 0 Å². The van der Waals surface area contributed by atoms with Gasteiger partial charge in [0.15, 0.2) is 0 Å². The molecule has 0 N–H and O–H groups in total. The Bertz CT molecular complexity index is 837. The molecule has 1 aliphatic carbocycles. The molecule has 1 aliphatic rings. The maximum absolute atomic E-state index is 5.40. The van der Waals surface area contributed by atoms with Crippen LogP contribution in [0.15, 0.2) is 42.5 Å². The van der Waals surface area contributed by atoms with Crippen molar-refractivity contribution >= 4 is 11.6 Å². The van der Waals surface area contributed by atoms with E-state index in [4.69, 9.17) is 4.74 Å². The van der Waals surface area contributed by atoms with E-state index in [1.165, 1.54) is 46.2 Å². The maximum Gasteiger partial charge on any atom is 0.0793 e. The lowest BCUT2D eigenvalue weighted by Crippen LogP contribution is -2.33. The lowest BCUT2D eigenvalue weighted by molar-refractivity contribution is 0.119. The molecule has 0 fully saturated rings. The fourth-order valence-electron chi connectivity index (χ4n) is 4.17. The number of ether oxygens (including phenoxy) is 1. The summed E-state index contributed by atoms with van der Waals surface area (Å²) in [6, 6.07) is 15.8. The highest BCUT2D eigenvalue weighted by Gasteiger charge is 2.36. The Morgan fingerprint density at radius 1 is 0.926 bits per heavy atom. The van der Waals surface area contributed by atoms with Crippen LogP contribution in [0.1, 0.15) is 88.3 Å². The van der Waals surface area contributed by atoms with Gasteiger partial charge < -0.3 is 4.74 Å². The number of methoxy groups -OCH3 is 1. The van der Waals surface area contributed by atoms with Gasteiger partial charge in [0.05, 0.1) is 6.10 Å². The minimum atomic E-state index is 0.135. The molecule has 0 saturated carbocycles. The van der Waals surface area contributed by atoms with Crippen LogP contribution in [0.25, 0.3) is 11.6 Å². The van der Waals surface area contributed by atoms with Crippen LogP contribution in [0.5, 0.6) is 0 Å². The number of allylic oxidation sites excluding steroid dienone is 1. The first-order chi connectivity index (χ1) is 12.6. The van der Waals surface area contributed by atoms with Gasteiger partial charge in [-0.1, -0.05) is 76.2 Å². The largest absolute Gasteiger partial charge is 0.377 e. The zero-order valence-corrected chi connectivity index (χ0v) is 18.0. The van der Waals surface area contributed by atoms with E-state index in [1.807, 2.05) is 0 Å². The fourth-order valence-corrected chi connectivity index (χ4v) is 4.17. The summed E-state index contributed by atoms with van der Waals surface area (Å²) in [4.78, 5) is 0. The number of hydrogen-bond acceptors (Lipinski definition) is 1. The molecule has 3 rings (SSSR count). The Kier molecular flexibility index (Phi) is 5.36. The summed E-state index contributed by atoms with van der Waals surface area (Å²) < 4.78 is 5.40. The molecule has 27 heavy (non-hydrogen) atoms. The van der Waals surface area contributed by atoms with Gasteiger partial charge in [-0.15, -0.1) is 0 Å². The van der Waals surface area contributed by atoms with E-state index in [-0.39, 0.29) is 16.9 Å². The second-order valence-electron chi connectivity index (χ2n) is 9.40. The summed E-state index contributed by atoms with van der Waals surface area (Å²) in [7, 11) is 1.75. The molecule has 1 atom stereocenters. The van der Waals surface area contributed by atoms with Crippen molar-refractivity contribution in [1.29, 1.82) is 0 Å². The summed E-state index contributed by atoms with van der Waals surface area (Å²) in [6.07, 6.45) is 4.92. The molecule has 0 heterocycles. The van der Waals surface area contributed by atoms with Crippen molar-refractivity contribution in [2.24, 2.45) is 0 Å². The summed E-state index contributed by atoms with van der Waals surface area (Å²) in [6.45, 7) is 13.8. The molecule has 1 heteroatoms. The minimum absolute atomic E-state index is 0.135. The monoisotopic (exact) mass is 362 g/mol. The molecule has 0 saturated heterocycles. The first-order valence-corrected chi connectivity index (χ1v) is 10.1. The Morgan fingerprint density at radius 3 is 2.11 bits per heavy atom. The SMILES string of the molecule is COC(C)c1ccc(/C=C(\C)c2ccc3c(c2)C(C)(C)CCC3(C)C)cc1. The Hall–Kier alpha value is -1.86. The molecule has 2 aromatic carbocycles. The number of hydrogen-bond donors (Lipinski definition) is 0. The van der Waals surface area contributed by atoms with Crippen molar-refractivity contribution in [3.8, 4) is 0 Å². The first kappa shape index (κ1) is 19.9. The predicted molar refractivity (Wildman–Crippen MR) is 117 cm³/mol. The molecule has 0 bridgehead atoms. The average molecular weight is 363 g/mol. The second-order valence-corrected chi connectivity index (χ2v) is 9.40. The van der Waals surface area contributed by atoms with Crippen LogP contribution in [0, 0.1) is 0 Å². The maximum atomic E-state index is 5.40. The van der Waals surface area contributed by atoms with E-state index < -0.39 is 0 Å². The van der Waals surface area contributed by atoms with Gasteiger partial charge in [-0.25, -0.2) is 0 Å². The van der Waals surface area contributed by atoms with Crippen LogP contribution in [0.4, 0.5) is 0 Å². The first-order valence-electron chi connectivity index (χ1n) is 10.1. The fraction of sp³-hybridized carbons (Fsp3) is 0.462. The van der Waals surface area contributed by atoms with Crippen molar-refractivity contribution in [2.75, 3.05) is 7.11 Å². The lowest BCUT2D eigenvalue weighted by atomic mass is 9.63. The second kappa shape index (κ2) is 7.28. The van der Waals surface area contributed by atoms with Gasteiger partial charge in [0, 0.05) is 7.11 Å². The average Bonchev–Trinajstić information content (AvgIpc) is 2.65. The molecule has 0 aliphatic heterocycles. The summed E-state index contributed by atoms with van der Waals surface area (Å²) >= 11 is 0. The van der Waals surface area contributed by atoms with Gasteiger partial charge in [-0.2, -0.15) is 0 Å². The molecule has 1 nitrogen and oxygen atoms in total. The highest BCUT2D eigenvalue weighted by atomic mass is 16.5. The van der Waals surface area contributed by atoms with Crippen LogP contribution in [0.3, 0.4) is 0 Å². The molecule has 0 aromatic heterocycles. The van der Waals surface area contributed by atoms with Crippen molar-refractivity contribution < 1.29 is 4.74 Å². The Balaban J connectivity index is 1.94.